The van der Waals surface area contributed by atoms with Crippen LogP contribution in [0.25, 0.3) is 0 Å². The molecule has 0 bridgehead atoms. The molecule has 1 heteroatoms. The Morgan fingerprint density at radius 1 is 1.15 bits per heavy atom. The Balaban J connectivity index is 1.97. The highest BCUT2D eigenvalue weighted by Crippen LogP contribution is 2.30. The molecule has 1 nitrogen and oxygen atoms in total. The summed E-state index contributed by atoms with van der Waals surface area (Å²) in [5.74, 6) is 0.764. The molecule has 1 aliphatic heterocycles. The first-order valence-electron chi connectivity index (χ1n) is 5.35. The number of hydrogen-bond donors (Lipinski definition) is 1. The van der Waals surface area contributed by atoms with Gasteiger partial charge >= 0.3 is 0 Å². The lowest BCUT2D eigenvalue weighted by molar-refractivity contribution is 0.528. The third-order valence-electron chi connectivity index (χ3n) is 2.97. The Bertz CT molecular complexity index is 207. The molecule has 1 fully saturated rings. The molecule has 0 aromatic carbocycles. The number of hydrogen-bond acceptors (Lipinski definition) is 1. The lowest BCUT2D eigenvalue weighted by Gasteiger charge is -2.19. The Morgan fingerprint density at radius 2 is 1.92 bits per heavy atom. The van der Waals surface area contributed by atoms with Crippen LogP contribution in [-0.4, -0.2) is 0 Å². The highest BCUT2D eigenvalue weighted by molar-refractivity contribution is 5.26. The number of rotatable bonds is 1. The van der Waals surface area contributed by atoms with E-state index in [0.29, 0.717) is 0 Å². The summed E-state index contributed by atoms with van der Waals surface area (Å²) in [4.78, 5) is 0. The topological polar surface area (TPSA) is 12.0 Å². The van der Waals surface area contributed by atoms with E-state index in [2.05, 4.69) is 24.0 Å². The van der Waals surface area contributed by atoms with Gasteiger partial charge < -0.3 is 5.32 Å². The number of dihydropyridines is 1. The van der Waals surface area contributed by atoms with Gasteiger partial charge in [-0.2, -0.15) is 0 Å². The summed E-state index contributed by atoms with van der Waals surface area (Å²) in [7, 11) is 0. The van der Waals surface area contributed by atoms with Gasteiger partial charge in [0.15, 0.2) is 0 Å². The van der Waals surface area contributed by atoms with Gasteiger partial charge in [0, 0.05) is 0 Å². The number of nitrogens with one attached hydrogen (secondary N) is 1. The van der Waals surface area contributed by atoms with Crippen molar-refractivity contribution < 1.29 is 0 Å². The fourth-order valence-electron chi connectivity index (χ4n) is 2.20. The SMILES string of the molecule is [C]1NC=CC=C1C1CCCCCC1. The summed E-state index contributed by atoms with van der Waals surface area (Å²) in [6.07, 6.45) is 14.6. The second kappa shape index (κ2) is 4.50. The van der Waals surface area contributed by atoms with Gasteiger partial charge in [-0.05, 0) is 36.6 Å². The zero-order valence-electron chi connectivity index (χ0n) is 8.05. The van der Waals surface area contributed by atoms with Crippen LogP contribution in [0.5, 0.6) is 0 Å². The lowest BCUT2D eigenvalue weighted by Crippen LogP contribution is -2.13. The van der Waals surface area contributed by atoms with Crippen LogP contribution in [0.1, 0.15) is 38.5 Å². The molecule has 0 saturated heterocycles. The lowest BCUT2D eigenvalue weighted by atomic mass is 9.90. The Morgan fingerprint density at radius 3 is 2.54 bits per heavy atom. The minimum absolute atomic E-state index is 0.764. The summed E-state index contributed by atoms with van der Waals surface area (Å²) in [6, 6.07) is 0. The zero-order valence-corrected chi connectivity index (χ0v) is 8.05. The van der Waals surface area contributed by atoms with Crippen molar-refractivity contribution in [3.8, 4) is 0 Å². The van der Waals surface area contributed by atoms with Crippen molar-refractivity contribution in [2.24, 2.45) is 5.92 Å². The molecule has 0 atom stereocenters. The van der Waals surface area contributed by atoms with Crippen molar-refractivity contribution in [3.63, 3.8) is 0 Å². The van der Waals surface area contributed by atoms with Crippen LogP contribution < -0.4 is 5.32 Å². The molecule has 2 radical (unpaired) electrons. The first-order chi connectivity index (χ1) is 6.47. The normalized spacial score (nSPS) is 24.8. The van der Waals surface area contributed by atoms with Crippen molar-refractivity contribution in [2.75, 3.05) is 0 Å². The molecule has 1 heterocycles. The average Bonchev–Trinajstić information content (AvgIpc) is 2.47. The highest BCUT2D eigenvalue weighted by atomic mass is 14.8. The minimum atomic E-state index is 0.764. The second-order valence-corrected chi connectivity index (χ2v) is 3.94. The maximum atomic E-state index is 3.24. The summed E-state index contributed by atoms with van der Waals surface area (Å²) >= 11 is 0. The van der Waals surface area contributed by atoms with Crippen LogP contribution in [0.4, 0.5) is 0 Å². The molecule has 0 aromatic heterocycles. The van der Waals surface area contributed by atoms with E-state index in [1.54, 1.807) is 0 Å². The van der Waals surface area contributed by atoms with E-state index < -0.39 is 0 Å². The predicted molar refractivity (Wildman–Crippen MR) is 54.8 cm³/mol. The number of allylic oxidation sites excluding steroid dienone is 2. The van der Waals surface area contributed by atoms with Crippen molar-refractivity contribution in [1.29, 1.82) is 0 Å². The van der Waals surface area contributed by atoms with Gasteiger partial charge in [0.2, 0.25) is 0 Å². The van der Waals surface area contributed by atoms with E-state index in [0.717, 1.165) is 5.92 Å². The van der Waals surface area contributed by atoms with Crippen LogP contribution in [0.2, 0.25) is 0 Å². The molecule has 0 amide bonds. The largest absolute Gasteiger partial charge is 0.377 e. The third kappa shape index (κ3) is 2.36. The molecule has 0 spiro atoms. The molecule has 1 aliphatic carbocycles. The molecular weight excluding hydrogens is 158 g/mol. The molecule has 1 N–H and O–H groups in total. The van der Waals surface area contributed by atoms with Crippen molar-refractivity contribution in [1.82, 2.24) is 5.32 Å². The quantitative estimate of drug-likeness (QED) is 0.604. The maximum Gasteiger partial charge on any atom is 0.118 e. The van der Waals surface area contributed by atoms with Gasteiger partial charge in [-0.25, -0.2) is 0 Å². The van der Waals surface area contributed by atoms with Gasteiger partial charge in [0.1, 0.15) is 6.54 Å². The monoisotopic (exact) mass is 175 g/mol. The fraction of sp³-hybridized carbons (Fsp3) is 0.583. The second-order valence-electron chi connectivity index (χ2n) is 3.94. The van der Waals surface area contributed by atoms with E-state index in [-0.39, 0.29) is 0 Å². The minimum Gasteiger partial charge on any atom is -0.377 e. The Kier molecular flexibility index (Phi) is 3.07. The smallest absolute Gasteiger partial charge is 0.118 e. The van der Waals surface area contributed by atoms with Crippen LogP contribution in [0.3, 0.4) is 0 Å². The zero-order chi connectivity index (χ0) is 8.93. The average molecular weight is 175 g/mol. The Labute approximate surface area is 80.9 Å². The fourth-order valence-corrected chi connectivity index (χ4v) is 2.20. The Hall–Kier alpha value is -0.720. The molecule has 70 valence electrons. The van der Waals surface area contributed by atoms with Gasteiger partial charge in [0.25, 0.3) is 0 Å². The van der Waals surface area contributed by atoms with Crippen molar-refractivity contribution >= 4 is 0 Å². The van der Waals surface area contributed by atoms with E-state index in [9.17, 15) is 0 Å². The maximum absolute atomic E-state index is 3.24. The van der Waals surface area contributed by atoms with Gasteiger partial charge in [0.05, 0.1) is 0 Å². The van der Waals surface area contributed by atoms with Gasteiger partial charge in [-0.1, -0.05) is 31.8 Å². The van der Waals surface area contributed by atoms with Crippen LogP contribution >= 0.6 is 0 Å². The summed E-state index contributed by atoms with van der Waals surface area (Å²) < 4.78 is 0. The van der Waals surface area contributed by atoms with Crippen LogP contribution in [0.15, 0.2) is 23.9 Å². The molecule has 2 aliphatic rings. The highest BCUT2D eigenvalue weighted by Gasteiger charge is 2.17. The first-order valence-corrected chi connectivity index (χ1v) is 5.35. The van der Waals surface area contributed by atoms with E-state index in [4.69, 9.17) is 0 Å². The molecule has 0 aromatic rings. The molecule has 13 heavy (non-hydrogen) atoms. The van der Waals surface area contributed by atoms with Crippen molar-refractivity contribution in [3.05, 3.63) is 30.5 Å². The molecule has 0 unspecified atom stereocenters. The van der Waals surface area contributed by atoms with E-state index >= 15 is 0 Å². The molecular formula is C12H17N. The van der Waals surface area contributed by atoms with Crippen molar-refractivity contribution in [2.45, 2.75) is 38.5 Å². The van der Waals surface area contributed by atoms with Gasteiger partial charge in [-0.3, -0.25) is 0 Å². The summed E-state index contributed by atoms with van der Waals surface area (Å²) in [5, 5.41) is 3.05. The molecule has 2 rings (SSSR count). The van der Waals surface area contributed by atoms with E-state index in [1.165, 1.54) is 44.1 Å². The van der Waals surface area contributed by atoms with E-state index in [1.807, 2.05) is 6.20 Å². The third-order valence-corrected chi connectivity index (χ3v) is 2.97. The molecule has 1 saturated carbocycles. The van der Waals surface area contributed by atoms with Crippen LogP contribution in [0, 0.1) is 12.5 Å². The van der Waals surface area contributed by atoms with Crippen LogP contribution in [-0.2, 0) is 0 Å². The predicted octanol–water partition coefficient (Wildman–Crippen LogP) is 3.04. The summed E-state index contributed by atoms with van der Waals surface area (Å²) in [6.45, 7) is 3.24. The first kappa shape index (κ1) is 8.86. The van der Waals surface area contributed by atoms with Gasteiger partial charge in [-0.15, -0.1) is 0 Å². The summed E-state index contributed by atoms with van der Waals surface area (Å²) in [5.41, 5.74) is 1.38. The standard InChI is InChI=1S/C12H17N/c1-2-4-7-11(6-3-1)12-8-5-9-13-10-12/h5,8-9,11,13H,1-4,6-7H2.